The number of anilines is 1. The van der Waals surface area contributed by atoms with Gasteiger partial charge >= 0.3 is 0 Å². The second kappa shape index (κ2) is 6.34. The van der Waals surface area contributed by atoms with Crippen molar-refractivity contribution in [2.45, 2.75) is 17.7 Å². The van der Waals surface area contributed by atoms with Crippen molar-refractivity contribution in [2.75, 3.05) is 25.5 Å². The molecule has 1 saturated carbocycles. The molecular formula is C13H19N3O3S. The van der Waals surface area contributed by atoms with E-state index in [0.717, 1.165) is 6.54 Å². The van der Waals surface area contributed by atoms with E-state index in [9.17, 15) is 13.2 Å². The molecule has 0 atom stereocenters. The first-order valence-electron chi connectivity index (χ1n) is 6.56. The van der Waals surface area contributed by atoms with Crippen LogP contribution in [0.2, 0.25) is 0 Å². The Morgan fingerprint density at radius 3 is 2.65 bits per heavy atom. The van der Waals surface area contributed by atoms with Crippen molar-refractivity contribution in [3.8, 4) is 0 Å². The zero-order valence-corrected chi connectivity index (χ0v) is 12.2. The minimum absolute atomic E-state index is 0.0676. The van der Waals surface area contributed by atoms with E-state index in [1.165, 1.54) is 26.0 Å². The molecule has 7 heteroatoms. The largest absolute Gasteiger partial charge is 0.324 e. The van der Waals surface area contributed by atoms with E-state index >= 15 is 0 Å². The number of nitrogens with one attached hydrogen (secondary N) is 3. The predicted octanol–water partition coefficient (Wildman–Crippen LogP) is 0.533. The van der Waals surface area contributed by atoms with Gasteiger partial charge in [-0.25, -0.2) is 13.1 Å². The molecule has 1 aromatic rings. The highest BCUT2D eigenvalue weighted by molar-refractivity contribution is 7.89. The highest BCUT2D eigenvalue weighted by Crippen LogP contribution is 2.27. The number of benzene rings is 1. The van der Waals surface area contributed by atoms with Crippen LogP contribution in [0.5, 0.6) is 0 Å². The quantitative estimate of drug-likeness (QED) is 0.685. The van der Waals surface area contributed by atoms with Crippen LogP contribution >= 0.6 is 0 Å². The monoisotopic (exact) mass is 297 g/mol. The molecule has 1 amide bonds. The van der Waals surface area contributed by atoms with Crippen LogP contribution in [0.1, 0.15) is 12.8 Å². The van der Waals surface area contributed by atoms with Crippen molar-refractivity contribution < 1.29 is 13.2 Å². The summed E-state index contributed by atoms with van der Waals surface area (Å²) in [6.45, 7) is 1.02. The van der Waals surface area contributed by atoms with E-state index in [-0.39, 0.29) is 17.3 Å². The van der Waals surface area contributed by atoms with Crippen molar-refractivity contribution in [3.05, 3.63) is 24.3 Å². The molecule has 1 aliphatic carbocycles. The Morgan fingerprint density at radius 1 is 1.30 bits per heavy atom. The van der Waals surface area contributed by atoms with E-state index in [2.05, 4.69) is 15.4 Å². The first kappa shape index (κ1) is 15.0. The molecule has 20 heavy (non-hydrogen) atoms. The Kier molecular flexibility index (Phi) is 4.74. The molecule has 0 radical (unpaired) electrons. The van der Waals surface area contributed by atoms with E-state index in [0.29, 0.717) is 11.6 Å². The standard InChI is InChI=1S/C13H19N3O3S/c1-14-20(18,19)12-5-3-2-4-11(12)16-13(17)9-15-8-10-6-7-10/h2-5,10,14-15H,6-9H2,1H3,(H,16,17). The van der Waals surface area contributed by atoms with Gasteiger partial charge in [0.1, 0.15) is 4.90 Å². The lowest BCUT2D eigenvalue weighted by atomic mass is 10.3. The second-order valence-electron chi connectivity index (χ2n) is 4.83. The average Bonchev–Trinajstić information content (AvgIpc) is 3.23. The van der Waals surface area contributed by atoms with E-state index in [4.69, 9.17) is 0 Å². The normalized spacial score (nSPS) is 15.1. The zero-order valence-electron chi connectivity index (χ0n) is 11.3. The number of amides is 1. The molecule has 1 fully saturated rings. The maximum atomic E-state index is 11.8. The molecule has 6 nitrogen and oxygen atoms in total. The minimum Gasteiger partial charge on any atom is -0.324 e. The van der Waals surface area contributed by atoms with Crippen LogP contribution in [-0.4, -0.2) is 34.5 Å². The summed E-state index contributed by atoms with van der Waals surface area (Å²) in [5.74, 6) is 0.448. The number of carbonyl (C=O) groups is 1. The molecule has 0 heterocycles. The van der Waals surface area contributed by atoms with Gasteiger partial charge in [0.05, 0.1) is 12.2 Å². The zero-order chi connectivity index (χ0) is 14.6. The number of hydrogen-bond donors (Lipinski definition) is 3. The molecule has 0 saturated heterocycles. The third kappa shape index (κ3) is 4.03. The molecule has 2 rings (SSSR count). The highest BCUT2D eigenvalue weighted by atomic mass is 32.2. The van der Waals surface area contributed by atoms with E-state index in [1.807, 2.05) is 0 Å². The summed E-state index contributed by atoms with van der Waals surface area (Å²) in [5, 5.41) is 5.69. The number of sulfonamides is 1. The maximum Gasteiger partial charge on any atom is 0.242 e. The van der Waals surface area contributed by atoms with Crippen molar-refractivity contribution in [3.63, 3.8) is 0 Å². The molecule has 0 bridgehead atoms. The van der Waals surface area contributed by atoms with Crippen LogP contribution in [0, 0.1) is 5.92 Å². The number of hydrogen-bond acceptors (Lipinski definition) is 4. The highest BCUT2D eigenvalue weighted by Gasteiger charge is 2.21. The second-order valence-corrected chi connectivity index (χ2v) is 6.68. The number of rotatable bonds is 7. The van der Waals surface area contributed by atoms with Crippen LogP contribution in [0.4, 0.5) is 5.69 Å². The molecule has 3 N–H and O–H groups in total. The fourth-order valence-corrected chi connectivity index (χ4v) is 2.71. The summed E-state index contributed by atoms with van der Waals surface area (Å²) in [6, 6.07) is 6.33. The molecule has 0 aromatic heterocycles. The molecule has 110 valence electrons. The third-order valence-corrected chi connectivity index (χ3v) is 4.61. The summed E-state index contributed by atoms with van der Waals surface area (Å²) < 4.78 is 25.9. The van der Waals surface area contributed by atoms with E-state index < -0.39 is 10.0 Å². The first-order chi connectivity index (χ1) is 9.53. The van der Waals surface area contributed by atoms with Gasteiger partial charge in [-0.3, -0.25) is 4.79 Å². The summed E-state index contributed by atoms with van der Waals surface area (Å²) in [5.41, 5.74) is 0.292. The van der Waals surface area contributed by atoms with Gasteiger partial charge in [0.25, 0.3) is 0 Å². The van der Waals surface area contributed by atoms with Crippen molar-refractivity contribution in [2.24, 2.45) is 5.92 Å². The lowest BCUT2D eigenvalue weighted by Crippen LogP contribution is -2.30. The molecule has 0 spiro atoms. The molecule has 1 aromatic carbocycles. The summed E-state index contributed by atoms with van der Waals surface area (Å²) >= 11 is 0. The number of carbonyl (C=O) groups excluding carboxylic acids is 1. The van der Waals surface area contributed by atoms with Crippen molar-refractivity contribution >= 4 is 21.6 Å². The van der Waals surface area contributed by atoms with Crippen LogP contribution < -0.4 is 15.4 Å². The fraction of sp³-hybridized carbons (Fsp3) is 0.462. The topological polar surface area (TPSA) is 87.3 Å². The summed E-state index contributed by atoms with van der Waals surface area (Å²) in [7, 11) is -2.25. The van der Waals surface area contributed by atoms with Gasteiger partial charge in [-0.05, 0) is 44.5 Å². The van der Waals surface area contributed by atoms with Gasteiger partial charge in [-0.2, -0.15) is 0 Å². The van der Waals surface area contributed by atoms with Gasteiger partial charge < -0.3 is 10.6 Å². The number of para-hydroxylation sites is 1. The van der Waals surface area contributed by atoms with Crippen molar-refractivity contribution in [1.82, 2.24) is 10.0 Å². The van der Waals surface area contributed by atoms with Gasteiger partial charge in [-0.1, -0.05) is 12.1 Å². The molecule has 1 aliphatic rings. The average molecular weight is 297 g/mol. The lowest BCUT2D eigenvalue weighted by molar-refractivity contribution is -0.115. The minimum atomic E-state index is -3.58. The predicted molar refractivity (Wildman–Crippen MR) is 76.9 cm³/mol. The van der Waals surface area contributed by atoms with Gasteiger partial charge in [0, 0.05) is 0 Å². The Bertz CT molecular complexity index is 582. The fourth-order valence-electron chi connectivity index (χ4n) is 1.82. The van der Waals surface area contributed by atoms with Crippen LogP contribution in [0.25, 0.3) is 0 Å². The Labute approximate surface area is 119 Å². The smallest absolute Gasteiger partial charge is 0.242 e. The maximum absolute atomic E-state index is 11.8. The summed E-state index contributed by atoms with van der Waals surface area (Å²) in [4.78, 5) is 11.9. The van der Waals surface area contributed by atoms with Gasteiger partial charge in [-0.15, -0.1) is 0 Å². The molecular weight excluding hydrogens is 278 g/mol. The third-order valence-electron chi connectivity index (χ3n) is 3.13. The van der Waals surface area contributed by atoms with Crippen LogP contribution in [-0.2, 0) is 14.8 Å². The van der Waals surface area contributed by atoms with Crippen LogP contribution in [0.3, 0.4) is 0 Å². The SMILES string of the molecule is CNS(=O)(=O)c1ccccc1NC(=O)CNCC1CC1. The Hall–Kier alpha value is -1.44. The summed E-state index contributed by atoms with van der Waals surface area (Å²) in [6.07, 6.45) is 2.44. The van der Waals surface area contributed by atoms with Gasteiger partial charge in [0.15, 0.2) is 0 Å². The lowest BCUT2D eigenvalue weighted by Gasteiger charge is -2.11. The molecule has 0 unspecified atom stereocenters. The van der Waals surface area contributed by atoms with Crippen LogP contribution in [0.15, 0.2) is 29.2 Å². The van der Waals surface area contributed by atoms with Gasteiger partial charge in [0.2, 0.25) is 15.9 Å². The Morgan fingerprint density at radius 2 is 2.00 bits per heavy atom. The van der Waals surface area contributed by atoms with Crippen molar-refractivity contribution in [1.29, 1.82) is 0 Å². The molecule has 0 aliphatic heterocycles. The van der Waals surface area contributed by atoms with E-state index in [1.54, 1.807) is 18.2 Å². The first-order valence-corrected chi connectivity index (χ1v) is 8.04. The Balaban J connectivity index is 1.99.